The van der Waals surface area contributed by atoms with E-state index in [-0.39, 0.29) is 0 Å². The molecule has 0 amide bonds. The molecule has 0 radical (unpaired) electrons. The summed E-state index contributed by atoms with van der Waals surface area (Å²) in [5.74, 6) is 0.869. The molecule has 2 nitrogen and oxygen atoms in total. The predicted molar refractivity (Wildman–Crippen MR) is 60.0 cm³/mol. The van der Waals surface area contributed by atoms with Crippen LogP contribution in [0.2, 0.25) is 10.0 Å². The third-order valence-electron chi connectivity index (χ3n) is 1.91. The summed E-state index contributed by atoms with van der Waals surface area (Å²) < 4.78 is 0. The second kappa shape index (κ2) is 3.64. The zero-order valence-corrected chi connectivity index (χ0v) is 8.86. The minimum absolute atomic E-state index is 0.524. The van der Waals surface area contributed by atoms with Gasteiger partial charge in [-0.2, -0.15) is 0 Å². The molecule has 0 atom stereocenters. The van der Waals surface area contributed by atoms with Crippen molar-refractivity contribution in [3.05, 3.63) is 40.7 Å². The van der Waals surface area contributed by atoms with Gasteiger partial charge in [-0.3, -0.25) is 0 Å². The number of hydrogen-bond acceptors (Lipinski definition) is 1. The number of aromatic nitrogens is 2. The molecule has 0 fully saturated rings. The monoisotopic (exact) mass is 226 g/mol. The van der Waals surface area contributed by atoms with Gasteiger partial charge in [0.2, 0.25) is 0 Å². The standard InChI is InChI=1S/C10H8Cl2N2/c1-2-3-10-13-8-4-6(11)7(12)5-9(8)14-10/h2,4-5H,1,3H2,(H,13,14). The second-order valence-corrected chi connectivity index (χ2v) is 3.77. The highest BCUT2D eigenvalue weighted by molar-refractivity contribution is 6.42. The summed E-state index contributed by atoms with van der Waals surface area (Å²) in [6, 6.07) is 3.53. The molecular weight excluding hydrogens is 219 g/mol. The molecule has 1 aromatic heterocycles. The van der Waals surface area contributed by atoms with Crippen LogP contribution < -0.4 is 0 Å². The van der Waals surface area contributed by atoms with Crippen molar-refractivity contribution in [1.29, 1.82) is 0 Å². The Morgan fingerprint density at radius 2 is 2.07 bits per heavy atom. The topological polar surface area (TPSA) is 28.7 Å². The first kappa shape index (κ1) is 9.56. The molecule has 0 aliphatic rings. The molecule has 72 valence electrons. The summed E-state index contributed by atoms with van der Waals surface area (Å²) in [6.07, 6.45) is 2.50. The molecule has 0 bridgehead atoms. The normalized spacial score (nSPS) is 10.7. The van der Waals surface area contributed by atoms with Gasteiger partial charge in [0.05, 0.1) is 21.1 Å². The summed E-state index contributed by atoms with van der Waals surface area (Å²) in [6.45, 7) is 3.65. The summed E-state index contributed by atoms with van der Waals surface area (Å²) in [5.41, 5.74) is 1.73. The molecule has 14 heavy (non-hydrogen) atoms. The van der Waals surface area contributed by atoms with Crippen molar-refractivity contribution in [3.63, 3.8) is 0 Å². The van der Waals surface area contributed by atoms with Gasteiger partial charge in [-0.15, -0.1) is 6.58 Å². The quantitative estimate of drug-likeness (QED) is 0.780. The number of halogens is 2. The van der Waals surface area contributed by atoms with Gasteiger partial charge < -0.3 is 4.98 Å². The van der Waals surface area contributed by atoms with Crippen molar-refractivity contribution in [2.75, 3.05) is 0 Å². The lowest BCUT2D eigenvalue weighted by molar-refractivity contribution is 1.07. The van der Waals surface area contributed by atoms with E-state index in [1.807, 2.05) is 0 Å². The van der Waals surface area contributed by atoms with Crippen molar-refractivity contribution in [1.82, 2.24) is 9.97 Å². The van der Waals surface area contributed by atoms with Crippen molar-refractivity contribution in [3.8, 4) is 0 Å². The van der Waals surface area contributed by atoms with Gasteiger partial charge in [-0.05, 0) is 12.1 Å². The van der Waals surface area contributed by atoms with Crippen LogP contribution in [-0.2, 0) is 6.42 Å². The number of H-pyrrole nitrogens is 1. The van der Waals surface area contributed by atoms with Gasteiger partial charge in [0.25, 0.3) is 0 Å². The van der Waals surface area contributed by atoms with E-state index in [9.17, 15) is 0 Å². The van der Waals surface area contributed by atoms with Crippen LogP contribution in [0.15, 0.2) is 24.8 Å². The fourth-order valence-corrected chi connectivity index (χ4v) is 1.61. The van der Waals surface area contributed by atoms with E-state index in [2.05, 4.69) is 16.5 Å². The number of aromatic amines is 1. The number of allylic oxidation sites excluding steroid dienone is 1. The Morgan fingerprint density at radius 3 is 2.79 bits per heavy atom. The van der Waals surface area contributed by atoms with Crippen molar-refractivity contribution < 1.29 is 0 Å². The van der Waals surface area contributed by atoms with Crippen molar-refractivity contribution in [2.24, 2.45) is 0 Å². The van der Waals surface area contributed by atoms with Gasteiger partial charge in [-0.1, -0.05) is 29.3 Å². The Balaban J connectivity index is 2.59. The lowest BCUT2D eigenvalue weighted by atomic mass is 10.3. The number of rotatable bonds is 2. The van der Waals surface area contributed by atoms with E-state index in [0.29, 0.717) is 16.5 Å². The van der Waals surface area contributed by atoms with Crippen LogP contribution in [0.3, 0.4) is 0 Å². The number of hydrogen-bond donors (Lipinski definition) is 1. The molecule has 0 spiro atoms. The molecule has 2 rings (SSSR count). The smallest absolute Gasteiger partial charge is 0.111 e. The number of imidazole rings is 1. The highest BCUT2D eigenvalue weighted by Crippen LogP contribution is 2.26. The third kappa shape index (κ3) is 1.63. The second-order valence-electron chi connectivity index (χ2n) is 2.96. The van der Waals surface area contributed by atoms with Crippen LogP contribution in [0.1, 0.15) is 5.82 Å². The number of fused-ring (bicyclic) bond motifs is 1. The fraction of sp³-hybridized carbons (Fsp3) is 0.100. The summed E-state index contributed by atoms with van der Waals surface area (Å²) >= 11 is 11.7. The number of nitrogens with one attached hydrogen (secondary N) is 1. The average Bonchev–Trinajstić information content (AvgIpc) is 2.48. The molecule has 0 aliphatic heterocycles. The maximum atomic E-state index is 5.87. The van der Waals surface area contributed by atoms with Crippen LogP contribution in [-0.4, -0.2) is 9.97 Å². The number of nitrogens with zero attached hydrogens (tertiary/aromatic N) is 1. The van der Waals surface area contributed by atoms with Crippen LogP contribution in [0, 0.1) is 0 Å². The maximum Gasteiger partial charge on any atom is 0.111 e. The number of benzene rings is 1. The van der Waals surface area contributed by atoms with Crippen LogP contribution in [0.5, 0.6) is 0 Å². The molecule has 1 N–H and O–H groups in total. The first-order chi connectivity index (χ1) is 6.70. The highest BCUT2D eigenvalue weighted by atomic mass is 35.5. The zero-order chi connectivity index (χ0) is 10.1. The van der Waals surface area contributed by atoms with Crippen molar-refractivity contribution in [2.45, 2.75) is 6.42 Å². The largest absolute Gasteiger partial charge is 0.342 e. The molecule has 1 aromatic carbocycles. The minimum Gasteiger partial charge on any atom is -0.342 e. The molecule has 0 unspecified atom stereocenters. The van der Waals surface area contributed by atoms with E-state index < -0.39 is 0 Å². The first-order valence-electron chi connectivity index (χ1n) is 4.15. The Hall–Kier alpha value is -0.990. The van der Waals surface area contributed by atoms with Crippen LogP contribution >= 0.6 is 23.2 Å². The van der Waals surface area contributed by atoms with Gasteiger partial charge in [0.15, 0.2) is 0 Å². The predicted octanol–water partition coefficient (Wildman–Crippen LogP) is 3.60. The van der Waals surface area contributed by atoms with E-state index in [1.165, 1.54) is 0 Å². The van der Waals surface area contributed by atoms with E-state index >= 15 is 0 Å². The van der Waals surface area contributed by atoms with Gasteiger partial charge in [0, 0.05) is 6.42 Å². The Morgan fingerprint density at radius 1 is 1.36 bits per heavy atom. The maximum absolute atomic E-state index is 5.87. The Bertz CT molecular complexity index is 449. The molecule has 0 saturated carbocycles. The van der Waals surface area contributed by atoms with Gasteiger partial charge >= 0.3 is 0 Å². The Labute approximate surface area is 91.6 Å². The SMILES string of the molecule is C=CCc1nc2cc(Cl)c(Cl)cc2[nH]1. The minimum atomic E-state index is 0.524. The summed E-state index contributed by atoms with van der Waals surface area (Å²) in [5, 5.41) is 1.06. The molecule has 0 aliphatic carbocycles. The van der Waals surface area contributed by atoms with Gasteiger partial charge in [-0.25, -0.2) is 4.98 Å². The van der Waals surface area contributed by atoms with E-state index in [1.54, 1.807) is 18.2 Å². The molecule has 2 aromatic rings. The van der Waals surface area contributed by atoms with Crippen LogP contribution in [0.25, 0.3) is 11.0 Å². The molecule has 0 saturated heterocycles. The fourth-order valence-electron chi connectivity index (χ4n) is 1.29. The van der Waals surface area contributed by atoms with Crippen molar-refractivity contribution >= 4 is 34.2 Å². The highest BCUT2D eigenvalue weighted by Gasteiger charge is 2.05. The molecule has 1 heterocycles. The lowest BCUT2D eigenvalue weighted by Crippen LogP contribution is -1.81. The summed E-state index contributed by atoms with van der Waals surface area (Å²) in [4.78, 5) is 7.47. The molecular formula is C10H8Cl2N2. The third-order valence-corrected chi connectivity index (χ3v) is 2.63. The van der Waals surface area contributed by atoms with E-state index in [4.69, 9.17) is 23.2 Å². The van der Waals surface area contributed by atoms with Gasteiger partial charge in [0.1, 0.15) is 5.82 Å². The molecule has 4 heteroatoms. The zero-order valence-electron chi connectivity index (χ0n) is 7.35. The summed E-state index contributed by atoms with van der Waals surface area (Å²) in [7, 11) is 0. The Kier molecular flexibility index (Phi) is 2.48. The lowest BCUT2D eigenvalue weighted by Gasteiger charge is -1.93. The average molecular weight is 227 g/mol. The first-order valence-corrected chi connectivity index (χ1v) is 4.91. The van der Waals surface area contributed by atoms with Crippen LogP contribution in [0.4, 0.5) is 0 Å². The van der Waals surface area contributed by atoms with E-state index in [0.717, 1.165) is 16.9 Å².